The standard InChI is InChI=1S/C20H32N2O7/c1-7-8-9-10-15-21-22(13(2)23)20(27-15)16-14(26-18(5,6)28-16)11-24-19(20)12-25-17(3,4)29-19/h14,16H,7-12H2,1-6H3/t14-,16-,19+,20-/m1/s1. The van der Waals surface area contributed by atoms with Gasteiger partial charge in [-0.3, -0.25) is 4.79 Å². The minimum absolute atomic E-state index is 0.0779. The minimum atomic E-state index is -1.47. The SMILES string of the molecule is CCCCCC1=NN(C(C)=O)[C@@]2(O1)[C@@H]1OC(C)(C)O[C@@H]1CO[C@]21COC(C)(C)O1. The Bertz CT molecular complexity index is 707. The van der Waals surface area contributed by atoms with Crippen LogP contribution in [-0.4, -0.2) is 65.3 Å². The summed E-state index contributed by atoms with van der Waals surface area (Å²) in [5, 5.41) is 5.86. The molecular weight excluding hydrogens is 380 g/mol. The molecule has 1 amide bonds. The fourth-order valence-corrected chi connectivity index (χ4v) is 4.58. The van der Waals surface area contributed by atoms with Crippen LogP contribution in [0.2, 0.25) is 0 Å². The third-order valence-electron chi connectivity index (χ3n) is 5.71. The Morgan fingerprint density at radius 2 is 1.90 bits per heavy atom. The van der Waals surface area contributed by atoms with Crippen LogP contribution < -0.4 is 0 Å². The van der Waals surface area contributed by atoms with E-state index in [4.69, 9.17) is 28.4 Å². The van der Waals surface area contributed by atoms with Crippen molar-refractivity contribution in [3.05, 3.63) is 0 Å². The summed E-state index contributed by atoms with van der Waals surface area (Å²) < 4.78 is 37.1. The minimum Gasteiger partial charge on any atom is -0.442 e. The van der Waals surface area contributed by atoms with Gasteiger partial charge in [0.1, 0.15) is 12.7 Å². The van der Waals surface area contributed by atoms with Crippen LogP contribution in [0.5, 0.6) is 0 Å². The van der Waals surface area contributed by atoms with Crippen LogP contribution in [-0.2, 0) is 33.2 Å². The largest absolute Gasteiger partial charge is 0.442 e. The molecule has 0 aromatic carbocycles. The van der Waals surface area contributed by atoms with Gasteiger partial charge < -0.3 is 28.4 Å². The number of amides is 1. The average Bonchev–Trinajstić information content (AvgIpc) is 3.25. The predicted octanol–water partition coefficient (Wildman–Crippen LogP) is 2.48. The third kappa shape index (κ3) is 3.27. The molecule has 0 aliphatic carbocycles. The molecule has 0 saturated carbocycles. The first-order valence-electron chi connectivity index (χ1n) is 10.5. The number of nitrogens with zero attached hydrogens (tertiary/aromatic N) is 2. The molecule has 4 aliphatic heterocycles. The monoisotopic (exact) mass is 412 g/mol. The van der Waals surface area contributed by atoms with Crippen LogP contribution in [0.25, 0.3) is 0 Å². The zero-order valence-electron chi connectivity index (χ0n) is 18.1. The highest BCUT2D eigenvalue weighted by Crippen LogP contribution is 2.54. The van der Waals surface area contributed by atoms with Gasteiger partial charge in [0, 0.05) is 13.3 Å². The fraction of sp³-hybridized carbons (Fsp3) is 0.900. The first-order chi connectivity index (χ1) is 13.5. The van der Waals surface area contributed by atoms with Crippen molar-refractivity contribution >= 4 is 11.8 Å². The second-order valence-electron chi connectivity index (χ2n) is 9.03. The van der Waals surface area contributed by atoms with Crippen LogP contribution in [0.4, 0.5) is 0 Å². The van der Waals surface area contributed by atoms with E-state index < -0.39 is 35.3 Å². The van der Waals surface area contributed by atoms with Crippen LogP contribution in [0.15, 0.2) is 5.10 Å². The molecule has 164 valence electrons. The Morgan fingerprint density at radius 3 is 2.52 bits per heavy atom. The number of hydrogen-bond donors (Lipinski definition) is 0. The first-order valence-corrected chi connectivity index (χ1v) is 10.5. The van der Waals surface area contributed by atoms with E-state index in [1.165, 1.54) is 11.9 Å². The number of rotatable bonds is 4. The van der Waals surface area contributed by atoms with Crippen molar-refractivity contribution in [3.8, 4) is 0 Å². The normalized spacial score (nSPS) is 39.7. The van der Waals surface area contributed by atoms with Gasteiger partial charge in [-0.05, 0) is 34.1 Å². The molecule has 3 fully saturated rings. The summed E-state index contributed by atoms with van der Waals surface area (Å²) in [4.78, 5) is 12.7. The highest BCUT2D eigenvalue weighted by molar-refractivity contribution is 5.83. The van der Waals surface area contributed by atoms with E-state index in [2.05, 4.69) is 12.0 Å². The molecule has 0 radical (unpaired) electrons. The van der Waals surface area contributed by atoms with Crippen LogP contribution in [0.3, 0.4) is 0 Å². The lowest BCUT2D eigenvalue weighted by Crippen LogP contribution is -2.76. The van der Waals surface area contributed by atoms with Gasteiger partial charge in [-0.25, -0.2) is 0 Å². The molecule has 0 bridgehead atoms. The molecule has 4 rings (SSSR count). The molecule has 3 saturated heterocycles. The fourth-order valence-electron chi connectivity index (χ4n) is 4.58. The zero-order chi connectivity index (χ0) is 21.1. The van der Waals surface area contributed by atoms with Crippen LogP contribution in [0.1, 0.15) is 67.2 Å². The average molecular weight is 412 g/mol. The summed E-state index contributed by atoms with van der Waals surface area (Å²) in [6, 6.07) is 0. The molecule has 9 nitrogen and oxygen atoms in total. The Labute approximate surface area is 171 Å². The van der Waals surface area contributed by atoms with Gasteiger partial charge in [0.25, 0.3) is 11.5 Å². The highest BCUT2D eigenvalue weighted by atomic mass is 16.9. The van der Waals surface area contributed by atoms with Crippen LogP contribution >= 0.6 is 0 Å². The highest BCUT2D eigenvalue weighted by Gasteiger charge is 2.78. The number of ether oxygens (including phenoxy) is 6. The Kier molecular flexibility index (Phi) is 4.98. The van der Waals surface area contributed by atoms with Crippen LogP contribution in [0, 0.1) is 0 Å². The molecule has 29 heavy (non-hydrogen) atoms. The maximum atomic E-state index is 12.7. The molecule has 2 spiro atoms. The maximum Gasteiger partial charge on any atom is 0.291 e. The van der Waals surface area contributed by atoms with E-state index in [1.54, 1.807) is 13.8 Å². The van der Waals surface area contributed by atoms with Gasteiger partial charge in [0.2, 0.25) is 11.8 Å². The summed E-state index contributed by atoms with van der Waals surface area (Å²) in [5.74, 6) is -2.97. The summed E-state index contributed by atoms with van der Waals surface area (Å²) in [6.07, 6.45) is 2.55. The molecule has 0 N–H and O–H groups in total. The molecule has 4 heterocycles. The second kappa shape index (κ2) is 6.88. The van der Waals surface area contributed by atoms with E-state index in [0.717, 1.165) is 19.3 Å². The van der Waals surface area contributed by atoms with Gasteiger partial charge in [0.05, 0.1) is 6.61 Å². The summed E-state index contributed by atoms with van der Waals surface area (Å²) >= 11 is 0. The van der Waals surface area contributed by atoms with Crippen molar-refractivity contribution in [1.82, 2.24) is 5.01 Å². The Morgan fingerprint density at radius 1 is 1.14 bits per heavy atom. The van der Waals surface area contributed by atoms with Gasteiger partial charge in [-0.1, -0.05) is 19.8 Å². The first kappa shape index (κ1) is 21.0. The number of carbonyl (C=O) groups is 1. The second-order valence-corrected chi connectivity index (χ2v) is 9.03. The molecule has 4 aliphatic rings. The quantitative estimate of drug-likeness (QED) is 0.656. The zero-order valence-corrected chi connectivity index (χ0v) is 18.1. The topological polar surface area (TPSA) is 88.1 Å². The van der Waals surface area contributed by atoms with E-state index in [9.17, 15) is 4.79 Å². The van der Waals surface area contributed by atoms with E-state index >= 15 is 0 Å². The molecule has 0 aromatic heterocycles. The van der Waals surface area contributed by atoms with Crippen molar-refractivity contribution in [2.45, 2.75) is 103 Å². The maximum absolute atomic E-state index is 12.7. The molecular formula is C20H32N2O7. The lowest BCUT2D eigenvalue weighted by molar-refractivity contribution is -0.386. The van der Waals surface area contributed by atoms with E-state index in [-0.39, 0.29) is 19.1 Å². The Balaban J connectivity index is 1.76. The predicted molar refractivity (Wildman–Crippen MR) is 102 cm³/mol. The molecule has 4 atom stereocenters. The third-order valence-corrected chi connectivity index (χ3v) is 5.71. The Hall–Kier alpha value is -1.26. The van der Waals surface area contributed by atoms with Gasteiger partial charge in [0.15, 0.2) is 17.7 Å². The lowest BCUT2D eigenvalue weighted by atomic mass is 9.88. The van der Waals surface area contributed by atoms with Crippen molar-refractivity contribution in [2.75, 3.05) is 13.2 Å². The van der Waals surface area contributed by atoms with Crippen molar-refractivity contribution in [3.63, 3.8) is 0 Å². The molecule has 9 heteroatoms. The lowest BCUT2D eigenvalue weighted by Gasteiger charge is -2.52. The summed E-state index contributed by atoms with van der Waals surface area (Å²) in [6.45, 7) is 11.2. The summed E-state index contributed by atoms with van der Waals surface area (Å²) in [5.41, 5.74) is -1.47. The number of unbranched alkanes of at least 4 members (excludes halogenated alkanes) is 2. The van der Waals surface area contributed by atoms with Crippen molar-refractivity contribution in [2.24, 2.45) is 5.10 Å². The van der Waals surface area contributed by atoms with E-state index in [1.807, 2.05) is 13.8 Å². The number of carbonyl (C=O) groups excluding carboxylic acids is 1. The van der Waals surface area contributed by atoms with Crippen molar-refractivity contribution < 1.29 is 33.2 Å². The number of hydrogen-bond acceptors (Lipinski definition) is 8. The number of hydrazone groups is 1. The summed E-state index contributed by atoms with van der Waals surface area (Å²) in [7, 11) is 0. The van der Waals surface area contributed by atoms with E-state index in [0.29, 0.717) is 12.3 Å². The van der Waals surface area contributed by atoms with Gasteiger partial charge in [-0.2, -0.15) is 5.01 Å². The molecule has 0 aromatic rings. The van der Waals surface area contributed by atoms with Crippen molar-refractivity contribution in [1.29, 1.82) is 0 Å². The van der Waals surface area contributed by atoms with Gasteiger partial charge in [-0.15, -0.1) is 5.10 Å². The molecule has 0 unspecified atom stereocenters. The number of fused-ring (bicyclic) bond motifs is 3. The van der Waals surface area contributed by atoms with Gasteiger partial charge >= 0.3 is 0 Å². The smallest absolute Gasteiger partial charge is 0.291 e.